The van der Waals surface area contributed by atoms with E-state index in [2.05, 4.69) is 10.1 Å². The van der Waals surface area contributed by atoms with Crippen molar-refractivity contribution in [2.24, 2.45) is 0 Å². The van der Waals surface area contributed by atoms with E-state index >= 15 is 0 Å². The normalized spacial score (nSPS) is 15.4. The minimum Gasteiger partial charge on any atom is -0.420 e. The second-order valence-corrected chi connectivity index (χ2v) is 6.47. The van der Waals surface area contributed by atoms with Crippen molar-refractivity contribution in [3.63, 3.8) is 0 Å². The van der Waals surface area contributed by atoms with E-state index in [-0.39, 0.29) is 17.4 Å². The van der Waals surface area contributed by atoms with Gasteiger partial charge < -0.3 is 19.4 Å². The average molecular weight is 399 g/mol. The summed E-state index contributed by atoms with van der Waals surface area (Å²) < 4.78 is 36.3. The number of amides is 1. The summed E-state index contributed by atoms with van der Waals surface area (Å²) in [5, 5.41) is 2.64. The Hall–Kier alpha value is -2.45. The van der Waals surface area contributed by atoms with Gasteiger partial charge in [-0.25, -0.2) is 0 Å². The number of hydrogen-bond donors (Lipinski definition) is 1. The minimum absolute atomic E-state index is 0.00680. The maximum Gasteiger partial charge on any atom is 0.487 e. The van der Waals surface area contributed by atoms with Gasteiger partial charge in [-0.3, -0.25) is 9.59 Å². The molecule has 144 valence electrons. The fourth-order valence-electron chi connectivity index (χ4n) is 2.83. The van der Waals surface area contributed by atoms with Crippen LogP contribution in [-0.2, 0) is 4.74 Å². The maximum absolute atomic E-state index is 12.6. The van der Waals surface area contributed by atoms with Gasteiger partial charge in [0.2, 0.25) is 0 Å². The van der Waals surface area contributed by atoms with Gasteiger partial charge >= 0.3 is 5.57 Å². The second-order valence-electron chi connectivity index (χ2n) is 6.03. The molecule has 0 spiro atoms. The number of aromatic nitrogens is 1. The first-order valence-electron chi connectivity index (χ1n) is 8.29. The first-order valence-corrected chi connectivity index (χ1v) is 8.67. The van der Waals surface area contributed by atoms with Crippen molar-refractivity contribution in [1.82, 2.24) is 4.57 Å². The van der Waals surface area contributed by atoms with E-state index in [0.29, 0.717) is 37.3 Å². The van der Waals surface area contributed by atoms with Gasteiger partial charge in [-0.1, -0.05) is 0 Å². The molecular weight excluding hydrogens is 382 g/mol. The third-order valence-corrected chi connectivity index (χ3v) is 4.21. The molecule has 6 nitrogen and oxygen atoms in total. The molecular formula is C18H17ClF2N2O4. The number of rotatable bonds is 5. The largest absolute Gasteiger partial charge is 0.487 e. The molecule has 1 aromatic heterocycles. The number of pyridine rings is 1. The molecule has 1 saturated heterocycles. The molecule has 27 heavy (non-hydrogen) atoms. The first-order chi connectivity index (χ1) is 12.8. The van der Waals surface area contributed by atoms with Gasteiger partial charge in [0, 0.05) is 48.8 Å². The molecule has 0 unspecified atom stereocenters. The van der Waals surface area contributed by atoms with Gasteiger partial charge in [0.15, 0.2) is 0 Å². The van der Waals surface area contributed by atoms with Crippen LogP contribution in [0.1, 0.15) is 29.2 Å². The summed E-state index contributed by atoms with van der Waals surface area (Å²) in [6, 6.07) is 8.12. The van der Waals surface area contributed by atoms with E-state index in [9.17, 15) is 18.4 Å². The van der Waals surface area contributed by atoms with E-state index < -0.39 is 11.5 Å². The second kappa shape index (κ2) is 8.06. The zero-order valence-corrected chi connectivity index (χ0v) is 14.9. The molecule has 0 atom stereocenters. The Kier molecular flexibility index (Phi) is 5.76. The first kappa shape index (κ1) is 19.3. The summed E-state index contributed by atoms with van der Waals surface area (Å²) in [5.74, 6) is -0.562. The molecule has 0 bridgehead atoms. The average Bonchev–Trinajstić information content (AvgIpc) is 2.63. The monoisotopic (exact) mass is 398 g/mol. The summed E-state index contributed by atoms with van der Waals surface area (Å²) in [5.41, 5.74) is -3.28. The number of ether oxygens (including phenoxy) is 2. The van der Waals surface area contributed by atoms with Gasteiger partial charge in [0.1, 0.15) is 5.75 Å². The molecule has 1 N–H and O–H groups in total. The number of nitrogens with one attached hydrogen (secondary N) is 1. The van der Waals surface area contributed by atoms with E-state index in [1.807, 2.05) is 0 Å². The summed E-state index contributed by atoms with van der Waals surface area (Å²) in [4.78, 5) is 24.6. The number of alkyl halides is 3. The Balaban J connectivity index is 1.71. The van der Waals surface area contributed by atoms with Crippen molar-refractivity contribution >= 4 is 23.2 Å². The Morgan fingerprint density at radius 1 is 1.19 bits per heavy atom. The minimum atomic E-state index is -3.80. The zero-order valence-electron chi connectivity index (χ0n) is 14.2. The number of carbonyl (C=O) groups excluding carboxylic acids is 1. The van der Waals surface area contributed by atoms with Crippen LogP contribution in [-0.4, -0.2) is 29.3 Å². The fourth-order valence-corrected chi connectivity index (χ4v) is 2.92. The molecule has 3 rings (SSSR count). The summed E-state index contributed by atoms with van der Waals surface area (Å²) >= 11 is 4.70. The molecule has 9 heteroatoms. The molecule has 0 radical (unpaired) electrons. The van der Waals surface area contributed by atoms with Gasteiger partial charge in [-0.2, -0.15) is 0 Å². The van der Waals surface area contributed by atoms with Gasteiger partial charge in [0.05, 0.1) is 5.56 Å². The highest BCUT2D eigenvalue weighted by atomic mass is 35.5. The molecule has 1 aromatic carbocycles. The van der Waals surface area contributed by atoms with Gasteiger partial charge in [-0.15, -0.1) is 8.78 Å². The molecule has 1 amide bonds. The van der Waals surface area contributed by atoms with Gasteiger partial charge in [-0.05, 0) is 43.2 Å². The smallest absolute Gasteiger partial charge is 0.420 e. The lowest BCUT2D eigenvalue weighted by Gasteiger charge is -2.24. The van der Waals surface area contributed by atoms with Crippen molar-refractivity contribution < 1.29 is 23.0 Å². The molecule has 2 aromatic rings. The third-order valence-electron chi connectivity index (χ3n) is 4.13. The van der Waals surface area contributed by atoms with Crippen LogP contribution in [0.25, 0.3) is 0 Å². The number of carbonyl (C=O) groups is 1. The standard InChI is InChI=1S/C18H17ClF2N2O4/c19-18(20,21)27-15-4-2-13(3-5-15)22-17(25)12-1-6-16(24)23(11-12)14-7-9-26-10-8-14/h1-6,11,14H,7-10H2,(H,22,25). The number of nitrogens with zero attached hydrogens (tertiary/aromatic N) is 1. The molecule has 0 saturated carbocycles. The van der Waals surface area contributed by atoms with Crippen LogP contribution in [0.5, 0.6) is 5.75 Å². The third kappa shape index (κ3) is 5.27. The summed E-state index contributed by atoms with van der Waals surface area (Å²) in [6.07, 6.45) is 2.94. The Morgan fingerprint density at radius 3 is 2.48 bits per heavy atom. The van der Waals surface area contributed by atoms with Crippen molar-refractivity contribution in [3.8, 4) is 5.75 Å². The lowest BCUT2D eigenvalue weighted by molar-refractivity contribution is -0.0964. The van der Waals surface area contributed by atoms with Crippen molar-refractivity contribution in [2.45, 2.75) is 24.5 Å². The lowest BCUT2D eigenvalue weighted by Crippen LogP contribution is -2.29. The molecule has 1 aliphatic rings. The maximum atomic E-state index is 12.6. The van der Waals surface area contributed by atoms with E-state index in [4.69, 9.17) is 16.3 Å². The predicted octanol–water partition coefficient (Wildman–Crippen LogP) is 3.62. The van der Waals surface area contributed by atoms with Crippen LogP contribution in [0, 0.1) is 0 Å². The number of halogens is 3. The molecule has 1 fully saturated rings. The van der Waals surface area contributed by atoms with Gasteiger partial charge in [0.25, 0.3) is 11.5 Å². The highest BCUT2D eigenvalue weighted by Gasteiger charge is 2.27. The van der Waals surface area contributed by atoms with Crippen LogP contribution in [0.3, 0.4) is 0 Å². The summed E-state index contributed by atoms with van der Waals surface area (Å²) in [6.45, 7) is 1.15. The van der Waals surface area contributed by atoms with Crippen LogP contribution in [0.4, 0.5) is 14.5 Å². The SMILES string of the molecule is O=C(Nc1ccc(OC(F)(F)Cl)cc1)c1ccc(=O)n(C2CCOCC2)c1. The van der Waals surface area contributed by atoms with E-state index in [0.717, 1.165) is 0 Å². The molecule has 0 aliphatic carbocycles. The fraction of sp³-hybridized carbons (Fsp3) is 0.333. The van der Waals surface area contributed by atoms with Crippen molar-refractivity contribution in [3.05, 3.63) is 58.5 Å². The topological polar surface area (TPSA) is 69.6 Å². The predicted molar refractivity (Wildman–Crippen MR) is 95.6 cm³/mol. The van der Waals surface area contributed by atoms with Crippen molar-refractivity contribution in [2.75, 3.05) is 18.5 Å². The number of hydrogen-bond acceptors (Lipinski definition) is 4. The number of benzene rings is 1. The Morgan fingerprint density at radius 2 is 1.85 bits per heavy atom. The highest BCUT2D eigenvalue weighted by Crippen LogP contribution is 2.26. The number of anilines is 1. The van der Waals surface area contributed by atoms with Crippen LogP contribution < -0.4 is 15.6 Å². The quantitative estimate of drug-likeness (QED) is 0.781. The molecule has 2 heterocycles. The highest BCUT2D eigenvalue weighted by molar-refractivity contribution is 6.20. The zero-order chi connectivity index (χ0) is 19.4. The van der Waals surface area contributed by atoms with Crippen LogP contribution >= 0.6 is 11.6 Å². The van der Waals surface area contributed by atoms with E-state index in [1.54, 1.807) is 4.57 Å². The van der Waals surface area contributed by atoms with E-state index in [1.165, 1.54) is 42.6 Å². The molecule has 1 aliphatic heterocycles. The lowest BCUT2D eigenvalue weighted by atomic mass is 10.1. The Bertz CT molecular complexity index is 859. The van der Waals surface area contributed by atoms with Crippen LogP contribution in [0.15, 0.2) is 47.4 Å². The summed E-state index contributed by atoms with van der Waals surface area (Å²) in [7, 11) is 0. The van der Waals surface area contributed by atoms with Crippen molar-refractivity contribution in [1.29, 1.82) is 0 Å². The van der Waals surface area contributed by atoms with Crippen LogP contribution in [0.2, 0.25) is 0 Å². The Labute approximate surface area is 158 Å².